The van der Waals surface area contributed by atoms with Crippen LogP contribution in [0.5, 0.6) is 5.75 Å². The molecule has 1 aliphatic heterocycles. The Kier molecular flexibility index (Phi) is 5.38. The third kappa shape index (κ3) is 3.85. The van der Waals surface area contributed by atoms with Crippen molar-refractivity contribution in [3.8, 4) is 5.75 Å². The highest BCUT2D eigenvalue weighted by Gasteiger charge is 2.26. The highest BCUT2D eigenvalue weighted by Crippen LogP contribution is 2.35. The van der Waals surface area contributed by atoms with E-state index in [-0.39, 0.29) is 17.8 Å². The van der Waals surface area contributed by atoms with Gasteiger partial charge in [-0.25, -0.2) is 0 Å². The Morgan fingerprint density at radius 2 is 2.38 bits per heavy atom. The standard InChI is InChI=1S/C15H22N2O4/c1-3-9-20-14-7-4-6-12(15(14)17(18)19)16-11(2)13-8-5-10-21-13/h4,6-7,11,13,16H,3,5,8-10H2,1-2H3. The Bertz CT molecular complexity index is 487. The molecule has 1 saturated heterocycles. The van der Waals surface area contributed by atoms with E-state index in [0.29, 0.717) is 18.0 Å². The number of rotatable bonds is 7. The second kappa shape index (κ2) is 7.26. The molecule has 0 amide bonds. The fraction of sp³-hybridized carbons (Fsp3) is 0.600. The summed E-state index contributed by atoms with van der Waals surface area (Å²) in [7, 11) is 0. The number of nitro benzene ring substituents is 1. The van der Waals surface area contributed by atoms with E-state index in [1.54, 1.807) is 18.2 Å². The molecule has 6 nitrogen and oxygen atoms in total. The van der Waals surface area contributed by atoms with Gasteiger partial charge in [0.05, 0.1) is 17.6 Å². The van der Waals surface area contributed by atoms with Crippen LogP contribution in [-0.4, -0.2) is 30.3 Å². The lowest BCUT2D eigenvalue weighted by Gasteiger charge is -2.21. The predicted molar refractivity (Wildman–Crippen MR) is 80.9 cm³/mol. The van der Waals surface area contributed by atoms with Gasteiger partial charge in [-0.15, -0.1) is 0 Å². The number of hydrogen-bond donors (Lipinski definition) is 1. The molecule has 1 aromatic carbocycles. The van der Waals surface area contributed by atoms with Gasteiger partial charge < -0.3 is 14.8 Å². The number of nitro groups is 1. The Morgan fingerprint density at radius 3 is 3.00 bits per heavy atom. The summed E-state index contributed by atoms with van der Waals surface area (Å²) >= 11 is 0. The molecule has 1 N–H and O–H groups in total. The molecular weight excluding hydrogens is 272 g/mol. The number of hydrogen-bond acceptors (Lipinski definition) is 5. The highest BCUT2D eigenvalue weighted by atomic mass is 16.6. The lowest BCUT2D eigenvalue weighted by Crippen LogP contribution is -2.30. The van der Waals surface area contributed by atoms with Crippen molar-refractivity contribution in [1.82, 2.24) is 0 Å². The molecule has 0 aliphatic carbocycles. The Balaban J connectivity index is 2.18. The second-order valence-electron chi connectivity index (χ2n) is 5.24. The van der Waals surface area contributed by atoms with Crippen molar-refractivity contribution in [2.24, 2.45) is 0 Å². The maximum absolute atomic E-state index is 11.4. The van der Waals surface area contributed by atoms with Crippen molar-refractivity contribution >= 4 is 11.4 Å². The van der Waals surface area contributed by atoms with E-state index in [4.69, 9.17) is 9.47 Å². The summed E-state index contributed by atoms with van der Waals surface area (Å²) in [4.78, 5) is 11.0. The smallest absolute Gasteiger partial charge is 0.333 e. The predicted octanol–water partition coefficient (Wildman–Crippen LogP) is 3.36. The average Bonchev–Trinajstić information content (AvgIpc) is 2.99. The van der Waals surface area contributed by atoms with Crippen LogP contribution in [0.3, 0.4) is 0 Å². The van der Waals surface area contributed by atoms with Gasteiger partial charge in [0.15, 0.2) is 5.75 Å². The third-order valence-electron chi connectivity index (χ3n) is 3.55. The van der Waals surface area contributed by atoms with Crippen LogP contribution in [0.2, 0.25) is 0 Å². The molecule has 2 unspecified atom stereocenters. The van der Waals surface area contributed by atoms with Gasteiger partial charge in [0.2, 0.25) is 0 Å². The number of benzene rings is 1. The first-order valence-corrected chi connectivity index (χ1v) is 7.41. The van der Waals surface area contributed by atoms with Crippen LogP contribution in [0, 0.1) is 10.1 Å². The summed E-state index contributed by atoms with van der Waals surface area (Å²) in [6, 6.07) is 5.13. The second-order valence-corrected chi connectivity index (χ2v) is 5.24. The van der Waals surface area contributed by atoms with Crippen LogP contribution in [0.1, 0.15) is 33.1 Å². The van der Waals surface area contributed by atoms with Crippen molar-refractivity contribution in [3.05, 3.63) is 28.3 Å². The minimum atomic E-state index is -0.393. The van der Waals surface area contributed by atoms with Crippen LogP contribution in [0.25, 0.3) is 0 Å². The molecule has 0 bridgehead atoms. The Morgan fingerprint density at radius 1 is 1.57 bits per heavy atom. The monoisotopic (exact) mass is 294 g/mol. The largest absolute Gasteiger partial charge is 0.487 e. The van der Waals surface area contributed by atoms with Crippen molar-refractivity contribution in [2.45, 2.75) is 45.3 Å². The number of nitrogens with zero attached hydrogens (tertiary/aromatic N) is 1. The lowest BCUT2D eigenvalue weighted by atomic mass is 10.1. The third-order valence-corrected chi connectivity index (χ3v) is 3.55. The maximum Gasteiger partial charge on any atom is 0.333 e. The summed E-state index contributed by atoms with van der Waals surface area (Å²) < 4.78 is 11.1. The van der Waals surface area contributed by atoms with Gasteiger partial charge in [0.1, 0.15) is 5.69 Å². The fourth-order valence-electron chi connectivity index (χ4n) is 2.49. The zero-order valence-electron chi connectivity index (χ0n) is 12.5. The Labute approximate surface area is 124 Å². The molecule has 1 aromatic rings. The summed E-state index contributed by atoms with van der Waals surface area (Å²) in [5.41, 5.74) is 0.479. The van der Waals surface area contributed by atoms with Crippen LogP contribution in [0.4, 0.5) is 11.4 Å². The van der Waals surface area contributed by atoms with E-state index in [1.165, 1.54) is 0 Å². The van der Waals surface area contributed by atoms with E-state index in [0.717, 1.165) is 25.9 Å². The minimum absolute atomic E-state index is 0.00389. The zero-order chi connectivity index (χ0) is 15.2. The van der Waals surface area contributed by atoms with Gasteiger partial charge in [-0.1, -0.05) is 13.0 Å². The van der Waals surface area contributed by atoms with E-state index < -0.39 is 4.92 Å². The lowest BCUT2D eigenvalue weighted by molar-refractivity contribution is -0.385. The quantitative estimate of drug-likeness (QED) is 0.616. The van der Waals surface area contributed by atoms with Crippen LogP contribution >= 0.6 is 0 Å². The van der Waals surface area contributed by atoms with E-state index in [1.807, 2.05) is 13.8 Å². The van der Waals surface area contributed by atoms with Gasteiger partial charge in [0, 0.05) is 12.6 Å². The minimum Gasteiger partial charge on any atom is -0.487 e. The van der Waals surface area contributed by atoms with Crippen LogP contribution in [-0.2, 0) is 4.74 Å². The molecule has 2 atom stereocenters. The van der Waals surface area contributed by atoms with E-state index in [2.05, 4.69) is 5.32 Å². The molecule has 1 fully saturated rings. The van der Waals surface area contributed by atoms with Crippen molar-refractivity contribution in [1.29, 1.82) is 0 Å². The van der Waals surface area contributed by atoms with E-state index >= 15 is 0 Å². The van der Waals surface area contributed by atoms with Gasteiger partial charge in [0.25, 0.3) is 0 Å². The molecule has 1 aliphatic rings. The topological polar surface area (TPSA) is 73.6 Å². The molecule has 6 heteroatoms. The molecule has 0 saturated carbocycles. The molecule has 0 spiro atoms. The summed E-state index contributed by atoms with van der Waals surface area (Å²) in [5, 5.41) is 14.6. The van der Waals surface area contributed by atoms with Crippen molar-refractivity contribution in [3.63, 3.8) is 0 Å². The van der Waals surface area contributed by atoms with Crippen molar-refractivity contribution in [2.75, 3.05) is 18.5 Å². The summed E-state index contributed by atoms with van der Waals surface area (Å²) in [6.45, 7) is 5.18. The normalized spacial score (nSPS) is 19.2. The average molecular weight is 294 g/mol. The fourth-order valence-corrected chi connectivity index (χ4v) is 2.49. The first-order valence-electron chi connectivity index (χ1n) is 7.41. The molecule has 21 heavy (non-hydrogen) atoms. The molecule has 0 aromatic heterocycles. The molecule has 1 heterocycles. The van der Waals surface area contributed by atoms with Crippen LogP contribution in [0.15, 0.2) is 18.2 Å². The molecule has 2 rings (SSSR count). The van der Waals surface area contributed by atoms with Gasteiger partial charge in [-0.3, -0.25) is 10.1 Å². The van der Waals surface area contributed by atoms with Gasteiger partial charge >= 0.3 is 5.69 Å². The maximum atomic E-state index is 11.4. The number of para-hydroxylation sites is 1. The van der Waals surface area contributed by atoms with Gasteiger partial charge in [-0.2, -0.15) is 0 Å². The van der Waals surface area contributed by atoms with Gasteiger partial charge in [-0.05, 0) is 38.3 Å². The summed E-state index contributed by atoms with van der Waals surface area (Å²) in [5.74, 6) is 0.311. The first kappa shape index (κ1) is 15.6. The number of nitrogens with one attached hydrogen (secondary N) is 1. The first-order chi connectivity index (χ1) is 10.1. The molecule has 116 valence electrons. The molecule has 0 radical (unpaired) electrons. The SMILES string of the molecule is CCCOc1cccc(NC(C)C2CCCO2)c1[N+](=O)[O-]. The summed E-state index contributed by atoms with van der Waals surface area (Å²) in [6.07, 6.45) is 2.93. The number of anilines is 1. The van der Waals surface area contributed by atoms with Crippen molar-refractivity contribution < 1.29 is 14.4 Å². The number of ether oxygens (including phenoxy) is 2. The van der Waals surface area contributed by atoms with Crippen LogP contribution < -0.4 is 10.1 Å². The van der Waals surface area contributed by atoms with E-state index in [9.17, 15) is 10.1 Å². The zero-order valence-corrected chi connectivity index (χ0v) is 12.5. The molecular formula is C15H22N2O4. The highest BCUT2D eigenvalue weighted by molar-refractivity contribution is 5.68. The Hall–Kier alpha value is -1.82.